The van der Waals surface area contributed by atoms with Gasteiger partial charge >= 0.3 is 0 Å². The van der Waals surface area contributed by atoms with Gasteiger partial charge in [0.15, 0.2) is 0 Å². The second-order valence-corrected chi connectivity index (χ2v) is 2.35. The van der Waals surface area contributed by atoms with Crippen LogP contribution in [-0.2, 0) is 0 Å². The molecule has 0 radical (unpaired) electrons. The van der Waals surface area contributed by atoms with Gasteiger partial charge in [0.2, 0.25) is 0 Å². The Morgan fingerprint density at radius 1 is 1.25 bits per heavy atom. The van der Waals surface area contributed by atoms with Crippen LogP contribution in [0.5, 0.6) is 0 Å². The highest BCUT2D eigenvalue weighted by Crippen LogP contribution is 2.09. The van der Waals surface area contributed by atoms with Crippen LogP contribution >= 0.6 is 0 Å². The second kappa shape index (κ2) is 3.09. The molecule has 0 unspecified atom stereocenters. The maximum absolute atomic E-state index is 4.73. The van der Waals surface area contributed by atoms with E-state index in [0.717, 1.165) is 11.4 Å². The van der Waals surface area contributed by atoms with Crippen molar-refractivity contribution in [3.63, 3.8) is 0 Å². The van der Waals surface area contributed by atoms with E-state index in [0.29, 0.717) is 0 Å². The summed E-state index contributed by atoms with van der Waals surface area (Å²) in [6, 6.07) is 1.81. The molecule has 1 aromatic heterocycles. The fourth-order valence-corrected chi connectivity index (χ4v) is 0.968. The predicted molar refractivity (Wildman–Crippen MR) is 45.9 cm³/mol. The fourth-order valence-electron chi connectivity index (χ4n) is 0.968. The third-order valence-electron chi connectivity index (χ3n) is 1.53. The molecular weight excluding hydrogens is 152 g/mol. The maximum atomic E-state index is 4.73. The highest BCUT2D eigenvalue weighted by Gasteiger charge is 2.01. The summed E-state index contributed by atoms with van der Waals surface area (Å²) >= 11 is 0. The van der Waals surface area contributed by atoms with Crippen molar-refractivity contribution in [2.75, 3.05) is 0 Å². The van der Waals surface area contributed by atoms with Crippen LogP contribution in [0.2, 0.25) is 0 Å². The van der Waals surface area contributed by atoms with Crippen molar-refractivity contribution in [1.82, 2.24) is 10.5 Å². The first-order chi connectivity index (χ1) is 5.97. The lowest BCUT2D eigenvalue weighted by molar-refractivity contribution is 0.417. The molecule has 3 nitrogen and oxygen atoms in total. The van der Waals surface area contributed by atoms with Crippen molar-refractivity contribution in [3.05, 3.63) is 48.5 Å². The summed E-state index contributed by atoms with van der Waals surface area (Å²) in [4.78, 5) is 0. The van der Waals surface area contributed by atoms with Crippen molar-refractivity contribution in [1.29, 1.82) is 0 Å². The van der Waals surface area contributed by atoms with Gasteiger partial charge in [-0.25, -0.2) is 0 Å². The van der Waals surface area contributed by atoms with E-state index >= 15 is 0 Å². The summed E-state index contributed by atoms with van der Waals surface area (Å²) in [7, 11) is 0. The molecule has 1 aliphatic heterocycles. The number of aromatic nitrogens is 1. The predicted octanol–water partition coefficient (Wildman–Crippen LogP) is 1.69. The van der Waals surface area contributed by atoms with Crippen molar-refractivity contribution < 1.29 is 4.52 Å². The van der Waals surface area contributed by atoms with Gasteiger partial charge in [-0.1, -0.05) is 17.3 Å². The molecule has 12 heavy (non-hydrogen) atoms. The quantitative estimate of drug-likeness (QED) is 0.679. The first-order valence-electron chi connectivity index (χ1n) is 3.67. The van der Waals surface area contributed by atoms with Gasteiger partial charge in [-0.05, 0) is 12.2 Å². The summed E-state index contributed by atoms with van der Waals surface area (Å²) in [6.07, 6.45) is 11.2. The molecule has 0 saturated carbocycles. The smallest absolute Gasteiger partial charge is 0.130 e. The van der Waals surface area contributed by atoms with E-state index in [2.05, 4.69) is 10.5 Å². The Morgan fingerprint density at radius 3 is 3.08 bits per heavy atom. The summed E-state index contributed by atoms with van der Waals surface area (Å²) in [5.41, 5.74) is 1.75. The van der Waals surface area contributed by atoms with Gasteiger partial charge in [-0.3, -0.25) is 0 Å². The zero-order valence-corrected chi connectivity index (χ0v) is 6.40. The van der Waals surface area contributed by atoms with Crippen LogP contribution in [0, 0.1) is 0 Å². The van der Waals surface area contributed by atoms with Crippen LogP contribution in [0.25, 0.3) is 5.70 Å². The van der Waals surface area contributed by atoms with E-state index in [1.54, 1.807) is 6.26 Å². The van der Waals surface area contributed by atoms with E-state index in [4.69, 9.17) is 4.52 Å². The Labute approximate surface area is 70.1 Å². The fraction of sp³-hybridized carbons (Fsp3) is 0. The molecule has 0 fully saturated rings. The Bertz CT molecular complexity index is 333. The lowest BCUT2D eigenvalue weighted by atomic mass is 10.3. The van der Waals surface area contributed by atoms with Gasteiger partial charge in [0, 0.05) is 12.3 Å². The minimum Gasteiger partial charge on any atom is -0.364 e. The highest BCUT2D eigenvalue weighted by atomic mass is 16.5. The Morgan fingerprint density at radius 2 is 2.25 bits per heavy atom. The van der Waals surface area contributed by atoms with Gasteiger partial charge < -0.3 is 9.84 Å². The highest BCUT2D eigenvalue weighted by molar-refractivity contribution is 5.63. The first-order valence-corrected chi connectivity index (χ1v) is 3.67. The molecule has 0 aliphatic carbocycles. The first kappa shape index (κ1) is 6.91. The van der Waals surface area contributed by atoms with Gasteiger partial charge in [-0.2, -0.15) is 0 Å². The largest absolute Gasteiger partial charge is 0.364 e. The minimum absolute atomic E-state index is 0.811. The average Bonchev–Trinajstić information content (AvgIpc) is 2.48. The number of nitrogens with one attached hydrogen (secondary N) is 1. The minimum atomic E-state index is 0.811. The molecule has 1 N–H and O–H groups in total. The van der Waals surface area contributed by atoms with Gasteiger partial charge in [-0.15, -0.1) is 0 Å². The molecule has 0 amide bonds. The zero-order valence-electron chi connectivity index (χ0n) is 6.40. The molecule has 0 atom stereocenters. The van der Waals surface area contributed by atoms with E-state index < -0.39 is 0 Å². The van der Waals surface area contributed by atoms with Crippen LogP contribution in [0.3, 0.4) is 0 Å². The van der Waals surface area contributed by atoms with Crippen molar-refractivity contribution >= 4 is 5.70 Å². The maximum Gasteiger partial charge on any atom is 0.130 e. The number of hydrogen-bond donors (Lipinski definition) is 1. The number of rotatable bonds is 1. The molecule has 60 valence electrons. The topological polar surface area (TPSA) is 38.1 Å². The molecule has 1 aliphatic rings. The third-order valence-corrected chi connectivity index (χ3v) is 1.53. The van der Waals surface area contributed by atoms with Gasteiger partial charge in [0.05, 0.1) is 5.70 Å². The van der Waals surface area contributed by atoms with Crippen molar-refractivity contribution in [3.8, 4) is 0 Å². The number of nitrogens with zero attached hydrogens (tertiary/aromatic N) is 1. The summed E-state index contributed by atoms with van der Waals surface area (Å²) in [5.74, 6) is 0. The molecule has 1 aromatic rings. The second-order valence-electron chi connectivity index (χ2n) is 2.35. The van der Waals surface area contributed by atoms with Crippen LogP contribution in [0.1, 0.15) is 5.69 Å². The zero-order chi connectivity index (χ0) is 8.23. The molecule has 2 rings (SSSR count). The van der Waals surface area contributed by atoms with Gasteiger partial charge in [0.1, 0.15) is 12.0 Å². The normalized spacial score (nSPS) is 15.2. The lowest BCUT2D eigenvalue weighted by Gasteiger charge is -1.99. The standard InChI is InChI=1S/C9H8N2O/c1-2-4-8(10-6-3-1)9-5-7-12-11-9/h1-7,10H. The molecule has 3 heteroatoms. The third kappa shape index (κ3) is 1.29. The molecule has 0 aromatic carbocycles. The van der Waals surface area contributed by atoms with E-state index in [1.165, 1.54) is 0 Å². The monoisotopic (exact) mass is 160 g/mol. The number of allylic oxidation sites excluding steroid dienone is 4. The van der Waals surface area contributed by atoms with E-state index in [9.17, 15) is 0 Å². The van der Waals surface area contributed by atoms with Crippen LogP contribution < -0.4 is 5.32 Å². The van der Waals surface area contributed by atoms with Gasteiger partial charge in [0.25, 0.3) is 0 Å². The van der Waals surface area contributed by atoms with Crippen molar-refractivity contribution in [2.45, 2.75) is 0 Å². The summed E-state index contributed by atoms with van der Waals surface area (Å²) < 4.78 is 4.73. The number of hydrogen-bond acceptors (Lipinski definition) is 3. The lowest BCUT2D eigenvalue weighted by Crippen LogP contribution is -2.02. The van der Waals surface area contributed by atoms with Crippen LogP contribution in [0.15, 0.2) is 47.4 Å². The Kier molecular flexibility index (Phi) is 1.78. The van der Waals surface area contributed by atoms with Crippen molar-refractivity contribution in [2.24, 2.45) is 0 Å². The molecular formula is C9H8N2O. The summed E-state index contributed by atoms with van der Waals surface area (Å²) in [6.45, 7) is 0. The summed E-state index contributed by atoms with van der Waals surface area (Å²) in [5, 5.41) is 6.89. The molecule has 0 saturated heterocycles. The Hall–Kier alpha value is -1.77. The molecule has 2 heterocycles. The SMILES string of the molecule is C1=CC=C(c2ccon2)NC=C1. The molecule has 0 spiro atoms. The molecule has 0 bridgehead atoms. The van der Waals surface area contributed by atoms with Crippen LogP contribution in [0.4, 0.5) is 0 Å². The average molecular weight is 160 g/mol. The van der Waals surface area contributed by atoms with E-state index in [-0.39, 0.29) is 0 Å². The van der Waals surface area contributed by atoms with Crippen LogP contribution in [-0.4, -0.2) is 5.16 Å². The van der Waals surface area contributed by atoms with E-state index in [1.807, 2.05) is 36.6 Å². The Balaban J connectivity index is 2.30.